The lowest BCUT2D eigenvalue weighted by molar-refractivity contribution is -0.127. The maximum absolute atomic E-state index is 13.7. The van der Waals surface area contributed by atoms with Crippen molar-refractivity contribution in [2.45, 2.75) is 12.5 Å². The number of ether oxygens (including phenoxy) is 2. The summed E-state index contributed by atoms with van der Waals surface area (Å²) >= 11 is 0. The van der Waals surface area contributed by atoms with Gasteiger partial charge < -0.3 is 19.7 Å². The zero-order valence-electron chi connectivity index (χ0n) is 18.5. The second-order valence-electron chi connectivity index (χ2n) is 7.76. The first kappa shape index (κ1) is 22.3. The van der Waals surface area contributed by atoms with Gasteiger partial charge in [0.25, 0.3) is 5.91 Å². The van der Waals surface area contributed by atoms with E-state index in [4.69, 9.17) is 9.47 Å². The van der Waals surface area contributed by atoms with Crippen molar-refractivity contribution in [3.8, 4) is 22.6 Å². The fourth-order valence-electron chi connectivity index (χ4n) is 4.14. The summed E-state index contributed by atoms with van der Waals surface area (Å²) in [5.74, 6) is -0.0416. The first-order valence-corrected chi connectivity index (χ1v) is 10.7. The van der Waals surface area contributed by atoms with Gasteiger partial charge in [-0.25, -0.2) is 4.39 Å². The molecule has 4 rings (SSSR count). The highest BCUT2D eigenvalue weighted by molar-refractivity contribution is 6.01. The van der Waals surface area contributed by atoms with Crippen LogP contribution in [-0.2, 0) is 11.2 Å². The molecule has 0 unspecified atom stereocenters. The third kappa shape index (κ3) is 4.67. The Morgan fingerprint density at radius 2 is 1.76 bits per heavy atom. The monoisotopic (exact) mass is 448 g/mol. The lowest BCUT2D eigenvalue weighted by Gasteiger charge is -2.35. The SMILES string of the molecule is COc1cccc(C(=O)N2CCNC(=O)[C@@H]2Cc2cccc(-c3cccc(F)c3)c2)c1OC. The van der Waals surface area contributed by atoms with Gasteiger partial charge in [0.05, 0.1) is 19.8 Å². The minimum Gasteiger partial charge on any atom is -0.493 e. The smallest absolute Gasteiger partial charge is 0.258 e. The van der Waals surface area contributed by atoms with Gasteiger partial charge in [0.1, 0.15) is 11.9 Å². The van der Waals surface area contributed by atoms with Crippen molar-refractivity contribution in [2.75, 3.05) is 27.3 Å². The third-order valence-corrected chi connectivity index (χ3v) is 5.74. The quantitative estimate of drug-likeness (QED) is 0.625. The van der Waals surface area contributed by atoms with Crippen LogP contribution in [-0.4, -0.2) is 50.1 Å². The van der Waals surface area contributed by atoms with Crippen LogP contribution < -0.4 is 14.8 Å². The summed E-state index contributed by atoms with van der Waals surface area (Å²) in [6, 6.07) is 18.4. The van der Waals surface area contributed by atoms with Crippen molar-refractivity contribution in [3.63, 3.8) is 0 Å². The minimum atomic E-state index is -0.690. The average molecular weight is 448 g/mol. The number of methoxy groups -OCH3 is 2. The van der Waals surface area contributed by atoms with E-state index in [1.54, 1.807) is 29.2 Å². The number of para-hydroxylation sites is 1. The van der Waals surface area contributed by atoms with Gasteiger partial charge in [0, 0.05) is 19.5 Å². The molecule has 1 fully saturated rings. The molecule has 1 N–H and O–H groups in total. The molecule has 1 aliphatic rings. The standard InChI is InChI=1S/C26H25FN2O4/c1-32-23-11-5-10-21(24(23)33-2)26(31)29-13-12-28-25(30)22(29)15-17-6-3-7-18(14-17)19-8-4-9-20(27)16-19/h3-11,14,16,22H,12-13,15H2,1-2H3,(H,28,30)/t22-/m0/s1. The molecule has 3 aromatic rings. The van der Waals surface area contributed by atoms with Crippen molar-refractivity contribution in [3.05, 3.63) is 83.7 Å². The second-order valence-corrected chi connectivity index (χ2v) is 7.76. The lowest BCUT2D eigenvalue weighted by Crippen LogP contribution is -2.58. The molecule has 0 saturated carbocycles. The summed E-state index contributed by atoms with van der Waals surface area (Å²) in [4.78, 5) is 27.9. The number of nitrogens with one attached hydrogen (secondary N) is 1. The zero-order valence-corrected chi connectivity index (χ0v) is 18.5. The maximum atomic E-state index is 13.7. The van der Waals surface area contributed by atoms with Gasteiger partial charge in [-0.05, 0) is 41.0 Å². The normalized spacial score (nSPS) is 15.7. The first-order chi connectivity index (χ1) is 16.0. The molecule has 6 nitrogen and oxygen atoms in total. The van der Waals surface area contributed by atoms with Crippen LogP contribution >= 0.6 is 0 Å². The highest BCUT2D eigenvalue weighted by atomic mass is 19.1. The Balaban J connectivity index is 1.64. The molecule has 1 saturated heterocycles. The topological polar surface area (TPSA) is 67.9 Å². The third-order valence-electron chi connectivity index (χ3n) is 5.74. The number of piperazine rings is 1. The number of nitrogens with zero attached hydrogens (tertiary/aromatic N) is 1. The van der Waals surface area contributed by atoms with Crippen molar-refractivity contribution in [1.82, 2.24) is 10.2 Å². The molecular weight excluding hydrogens is 423 g/mol. The summed E-state index contributed by atoms with van der Waals surface area (Å²) in [5.41, 5.74) is 2.80. The minimum absolute atomic E-state index is 0.215. The number of carbonyl (C=O) groups excluding carboxylic acids is 2. The number of rotatable bonds is 6. The highest BCUT2D eigenvalue weighted by Crippen LogP contribution is 2.32. The van der Waals surface area contributed by atoms with E-state index in [0.29, 0.717) is 36.6 Å². The van der Waals surface area contributed by atoms with Crippen molar-refractivity contribution >= 4 is 11.8 Å². The average Bonchev–Trinajstić information content (AvgIpc) is 2.84. The molecule has 0 spiro atoms. The van der Waals surface area contributed by atoms with Crippen molar-refractivity contribution in [2.24, 2.45) is 0 Å². The Morgan fingerprint density at radius 1 is 1.03 bits per heavy atom. The van der Waals surface area contributed by atoms with Gasteiger partial charge in [-0.2, -0.15) is 0 Å². The van der Waals surface area contributed by atoms with Crippen LogP contribution in [0, 0.1) is 5.82 Å². The van der Waals surface area contributed by atoms with Crippen LogP contribution in [0.1, 0.15) is 15.9 Å². The molecule has 3 aromatic carbocycles. The Labute approximate surface area is 191 Å². The molecule has 7 heteroatoms. The summed E-state index contributed by atoms with van der Waals surface area (Å²) < 4.78 is 24.4. The molecule has 2 amide bonds. The van der Waals surface area contributed by atoms with E-state index in [2.05, 4.69) is 5.32 Å². The number of halogens is 1. The van der Waals surface area contributed by atoms with E-state index in [9.17, 15) is 14.0 Å². The molecule has 0 aromatic heterocycles. The van der Waals surface area contributed by atoms with Crippen LogP contribution in [0.4, 0.5) is 4.39 Å². The van der Waals surface area contributed by atoms with Crippen LogP contribution in [0.2, 0.25) is 0 Å². The molecule has 1 atom stereocenters. The molecule has 0 radical (unpaired) electrons. The number of amides is 2. The van der Waals surface area contributed by atoms with Gasteiger partial charge in [-0.15, -0.1) is 0 Å². The van der Waals surface area contributed by atoms with E-state index >= 15 is 0 Å². The molecule has 0 aliphatic carbocycles. The number of hydrogen-bond donors (Lipinski definition) is 1. The van der Waals surface area contributed by atoms with Gasteiger partial charge in [0.2, 0.25) is 5.91 Å². The van der Waals surface area contributed by atoms with Crippen LogP contribution in [0.3, 0.4) is 0 Å². The van der Waals surface area contributed by atoms with E-state index in [1.807, 2.05) is 30.3 Å². The lowest BCUT2D eigenvalue weighted by atomic mass is 9.97. The molecule has 0 bridgehead atoms. The van der Waals surface area contributed by atoms with Crippen molar-refractivity contribution in [1.29, 1.82) is 0 Å². The summed E-state index contributed by atoms with van der Waals surface area (Å²) in [5, 5.41) is 2.86. The Kier molecular flexibility index (Phi) is 6.58. The van der Waals surface area contributed by atoms with Gasteiger partial charge in [-0.3, -0.25) is 9.59 Å². The predicted octanol–water partition coefficient (Wildman–Crippen LogP) is 3.69. The molecule has 1 aliphatic heterocycles. The molecule has 33 heavy (non-hydrogen) atoms. The zero-order chi connectivity index (χ0) is 23.4. The molecule has 170 valence electrons. The largest absolute Gasteiger partial charge is 0.493 e. The Bertz CT molecular complexity index is 1180. The van der Waals surface area contributed by atoms with Gasteiger partial charge >= 0.3 is 0 Å². The van der Waals surface area contributed by atoms with Crippen LogP contribution in [0.15, 0.2) is 66.7 Å². The van der Waals surface area contributed by atoms with E-state index in [0.717, 1.165) is 16.7 Å². The van der Waals surface area contributed by atoms with Crippen molar-refractivity contribution < 1.29 is 23.5 Å². The number of hydrogen-bond acceptors (Lipinski definition) is 4. The summed E-state index contributed by atoms with van der Waals surface area (Å²) in [6.07, 6.45) is 0.326. The second kappa shape index (κ2) is 9.73. The summed E-state index contributed by atoms with van der Waals surface area (Å²) in [7, 11) is 2.99. The van der Waals surface area contributed by atoms with Crippen LogP contribution in [0.5, 0.6) is 11.5 Å². The first-order valence-electron chi connectivity index (χ1n) is 10.7. The fourth-order valence-corrected chi connectivity index (χ4v) is 4.14. The van der Waals surface area contributed by atoms with E-state index in [-0.39, 0.29) is 17.6 Å². The predicted molar refractivity (Wildman–Crippen MR) is 123 cm³/mol. The van der Waals surface area contributed by atoms with Gasteiger partial charge in [0.15, 0.2) is 11.5 Å². The Hall–Kier alpha value is -3.87. The molecule has 1 heterocycles. The Morgan fingerprint density at radius 3 is 2.48 bits per heavy atom. The molecular formula is C26H25FN2O4. The number of benzene rings is 3. The van der Waals surface area contributed by atoms with Gasteiger partial charge in [-0.1, -0.05) is 42.5 Å². The van der Waals surface area contributed by atoms with E-state index < -0.39 is 6.04 Å². The fraction of sp³-hybridized carbons (Fsp3) is 0.231. The summed E-state index contributed by atoms with van der Waals surface area (Å²) in [6.45, 7) is 0.746. The van der Waals surface area contributed by atoms with E-state index in [1.165, 1.54) is 26.4 Å². The van der Waals surface area contributed by atoms with Crippen LogP contribution in [0.25, 0.3) is 11.1 Å². The highest BCUT2D eigenvalue weighted by Gasteiger charge is 2.35. The number of carbonyl (C=O) groups is 2. The maximum Gasteiger partial charge on any atom is 0.258 e.